The minimum atomic E-state index is 0.0630. The number of aromatic amines is 1. The van der Waals surface area contributed by atoms with Gasteiger partial charge in [0.2, 0.25) is 0 Å². The summed E-state index contributed by atoms with van der Waals surface area (Å²) in [5.74, 6) is 0.0630. The number of carbonyl (C=O) groups excluding carboxylic acids is 1. The number of aromatic nitrogens is 2. The summed E-state index contributed by atoms with van der Waals surface area (Å²) in [6, 6.07) is 1.95. The third kappa shape index (κ3) is 2.55. The Hall–Kier alpha value is -1.62. The van der Waals surface area contributed by atoms with Crippen molar-refractivity contribution >= 4 is 17.2 Å². The maximum absolute atomic E-state index is 12.2. The summed E-state index contributed by atoms with van der Waals surface area (Å²) in [7, 11) is 1.81. The SMILES string of the molecule is Cc1cc(C(=O)N(C)Cc2cn[nH]c2)c(C)s1. The molecule has 0 radical (unpaired) electrons. The average molecular weight is 249 g/mol. The van der Waals surface area contributed by atoms with E-state index in [1.165, 1.54) is 4.88 Å². The molecule has 0 aliphatic heterocycles. The first-order valence-corrected chi connectivity index (χ1v) is 6.19. The molecule has 0 aliphatic rings. The minimum absolute atomic E-state index is 0.0630. The highest BCUT2D eigenvalue weighted by Gasteiger charge is 2.16. The number of hydrogen-bond donors (Lipinski definition) is 1. The third-order valence-electron chi connectivity index (χ3n) is 2.59. The zero-order chi connectivity index (χ0) is 12.4. The number of rotatable bonds is 3. The van der Waals surface area contributed by atoms with Crippen LogP contribution in [-0.4, -0.2) is 28.1 Å². The van der Waals surface area contributed by atoms with Crippen molar-refractivity contribution in [1.82, 2.24) is 15.1 Å². The summed E-state index contributed by atoms with van der Waals surface area (Å²) in [6.45, 7) is 4.57. The van der Waals surface area contributed by atoms with Gasteiger partial charge in [-0.1, -0.05) is 0 Å². The Morgan fingerprint density at radius 3 is 2.82 bits per heavy atom. The largest absolute Gasteiger partial charge is 0.337 e. The van der Waals surface area contributed by atoms with Crippen molar-refractivity contribution in [3.63, 3.8) is 0 Å². The second-order valence-electron chi connectivity index (χ2n) is 4.09. The zero-order valence-corrected chi connectivity index (χ0v) is 11.0. The van der Waals surface area contributed by atoms with Crippen molar-refractivity contribution in [2.24, 2.45) is 0 Å². The van der Waals surface area contributed by atoms with Gasteiger partial charge in [0.25, 0.3) is 5.91 Å². The Morgan fingerprint density at radius 2 is 2.29 bits per heavy atom. The van der Waals surface area contributed by atoms with E-state index in [0.717, 1.165) is 16.0 Å². The number of carbonyl (C=O) groups is 1. The molecule has 0 spiro atoms. The van der Waals surface area contributed by atoms with Gasteiger partial charge in [-0.3, -0.25) is 9.89 Å². The summed E-state index contributed by atoms with van der Waals surface area (Å²) in [5.41, 5.74) is 1.81. The van der Waals surface area contributed by atoms with Crippen molar-refractivity contribution < 1.29 is 4.79 Å². The molecule has 4 nitrogen and oxygen atoms in total. The van der Waals surface area contributed by atoms with Gasteiger partial charge in [-0.15, -0.1) is 11.3 Å². The van der Waals surface area contributed by atoms with Crippen LogP contribution in [0.5, 0.6) is 0 Å². The summed E-state index contributed by atoms with van der Waals surface area (Å²) in [6.07, 6.45) is 3.53. The lowest BCUT2D eigenvalue weighted by atomic mass is 10.2. The van der Waals surface area contributed by atoms with Gasteiger partial charge < -0.3 is 4.90 Å². The van der Waals surface area contributed by atoms with Crippen LogP contribution in [0.15, 0.2) is 18.5 Å². The Balaban J connectivity index is 2.12. The molecule has 0 saturated heterocycles. The molecule has 90 valence electrons. The van der Waals surface area contributed by atoms with Crippen LogP contribution in [0.4, 0.5) is 0 Å². The maximum atomic E-state index is 12.2. The molecule has 0 aliphatic carbocycles. The molecule has 1 amide bonds. The molecule has 0 aromatic carbocycles. The first kappa shape index (κ1) is 11.9. The summed E-state index contributed by atoms with van der Waals surface area (Å²) < 4.78 is 0. The number of H-pyrrole nitrogens is 1. The first-order chi connectivity index (χ1) is 8.08. The highest BCUT2D eigenvalue weighted by Crippen LogP contribution is 2.22. The molecule has 0 atom stereocenters. The highest BCUT2D eigenvalue weighted by atomic mass is 32.1. The number of nitrogens with one attached hydrogen (secondary N) is 1. The van der Waals surface area contributed by atoms with Crippen molar-refractivity contribution in [3.8, 4) is 0 Å². The fourth-order valence-corrected chi connectivity index (χ4v) is 2.67. The quantitative estimate of drug-likeness (QED) is 0.907. The van der Waals surface area contributed by atoms with E-state index in [1.807, 2.05) is 27.0 Å². The summed E-state index contributed by atoms with van der Waals surface area (Å²) >= 11 is 1.66. The monoisotopic (exact) mass is 249 g/mol. The fourth-order valence-electron chi connectivity index (χ4n) is 1.76. The predicted octanol–water partition coefficient (Wildman–Crippen LogP) is 2.36. The molecular formula is C12H15N3OS. The van der Waals surface area contributed by atoms with Gasteiger partial charge in [0.05, 0.1) is 11.8 Å². The van der Waals surface area contributed by atoms with E-state index in [0.29, 0.717) is 6.54 Å². The van der Waals surface area contributed by atoms with Crippen LogP contribution in [0.2, 0.25) is 0 Å². The van der Waals surface area contributed by atoms with E-state index in [4.69, 9.17) is 0 Å². The third-order valence-corrected chi connectivity index (χ3v) is 3.56. The van der Waals surface area contributed by atoms with Crippen LogP contribution in [-0.2, 0) is 6.54 Å². The maximum Gasteiger partial charge on any atom is 0.255 e. The van der Waals surface area contributed by atoms with E-state index in [1.54, 1.807) is 28.6 Å². The number of aryl methyl sites for hydroxylation is 2. The Bertz CT molecular complexity index is 516. The molecule has 5 heteroatoms. The van der Waals surface area contributed by atoms with Crippen LogP contribution >= 0.6 is 11.3 Å². The average Bonchev–Trinajstić information content (AvgIpc) is 2.87. The van der Waals surface area contributed by atoms with Gasteiger partial charge in [0.1, 0.15) is 0 Å². The molecule has 2 aromatic heterocycles. The number of nitrogens with zero attached hydrogens (tertiary/aromatic N) is 2. The molecule has 0 saturated carbocycles. The van der Waals surface area contributed by atoms with Crippen LogP contribution in [0.1, 0.15) is 25.7 Å². The molecule has 0 fully saturated rings. The highest BCUT2D eigenvalue weighted by molar-refractivity contribution is 7.12. The lowest BCUT2D eigenvalue weighted by molar-refractivity contribution is 0.0785. The van der Waals surface area contributed by atoms with Gasteiger partial charge in [-0.25, -0.2) is 0 Å². The second-order valence-corrected chi connectivity index (χ2v) is 5.56. The summed E-state index contributed by atoms with van der Waals surface area (Å²) in [5, 5.41) is 6.61. The molecular weight excluding hydrogens is 234 g/mol. The molecule has 2 aromatic rings. The standard InChI is InChI=1S/C12H15N3OS/c1-8-4-11(9(2)17-8)12(16)15(3)7-10-5-13-14-6-10/h4-6H,7H2,1-3H3,(H,13,14). The van der Waals surface area contributed by atoms with E-state index < -0.39 is 0 Å². The molecule has 0 bridgehead atoms. The first-order valence-electron chi connectivity index (χ1n) is 5.38. The number of thiophene rings is 1. The Kier molecular flexibility index (Phi) is 3.28. The predicted molar refractivity (Wildman–Crippen MR) is 68.2 cm³/mol. The van der Waals surface area contributed by atoms with Crippen LogP contribution in [0, 0.1) is 13.8 Å². The Labute approximate surface area is 104 Å². The van der Waals surface area contributed by atoms with Crippen molar-refractivity contribution in [2.75, 3.05) is 7.05 Å². The van der Waals surface area contributed by atoms with Gasteiger partial charge >= 0.3 is 0 Å². The van der Waals surface area contributed by atoms with E-state index in [9.17, 15) is 4.79 Å². The normalized spacial score (nSPS) is 10.5. The minimum Gasteiger partial charge on any atom is -0.337 e. The van der Waals surface area contributed by atoms with Gasteiger partial charge in [-0.05, 0) is 19.9 Å². The lowest BCUT2D eigenvalue weighted by Crippen LogP contribution is -2.26. The molecule has 17 heavy (non-hydrogen) atoms. The van der Waals surface area contributed by atoms with Gasteiger partial charge in [-0.2, -0.15) is 5.10 Å². The smallest absolute Gasteiger partial charge is 0.255 e. The Morgan fingerprint density at radius 1 is 1.53 bits per heavy atom. The number of amides is 1. The molecule has 1 N–H and O–H groups in total. The zero-order valence-electron chi connectivity index (χ0n) is 10.2. The van der Waals surface area contributed by atoms with E-state index >= 15 is 0 Å². The topological polar surface area (TPSA) is 49.0 Å². The van der Waals surface area contributed by atoms with Crippen molar-refractivity contribution in [1.29, 1.82) is 0 Å². The van der Waals surface area contributed by atoms with Gasteiger partial charge in [0, 0.05) is 35.1 Å². The van der Waals surface area contributed by atoms with E-state index in [2.05, 4.69) is 10.2 Å². The van der Waals surface area contributed by atoms with Crippen molar-refractivity contribution in [3.05, 3.63) is 39.3 Å². The molecule has 2 heterocycles. The number of hydrogen-bond acceptors (Lipinski definition) is 3. The lowest BCUT2D eigenvalue weighted by Gasteiger charge is -2.15. The fraction of sp³-hybridized carbons (Fsp3) is 0.333. The van der Waals surface area contributed by atoms with Crippen LogP contribution < -0.4 is 0 Å². The van der Waals surface area contributed by atoms with Crippen molar-refractivity contribution in [2.45, 2.75) is 20.4 Å². The van der Waals surface area contributed by atoms with Gasteiger partial charge in [0.15, 0.2) is 0 Å². The van der Waals surface area contributed by atoms with E-state index in [-0.39, 0.29) is 5.91 Å². The second kappa shape index (κ2) is 4.71. The van der Waals surface area contributed by atoms with Crippen LogP contribution in [0.3, 0.4) is 0 Å². The molecule has 0 unspecified atom stereocenters. The van der Waals surface area contributed by atoms with Crippen LogP contribution in [0.25, 0.3) is 0 Å². The summed E-state index contributed by atoms with van der Waals surface area (Å²) in [4.78, 5) is 16.2. The molecule has 2 rings (SSSR count).